The minimum atomic E-state index is -3.15. The number of hydrogen-bond donors (Lipinski definition) is 2. The third-order valence-corrected chi connectivity index (χ3v) is 4.79. The van der Waals surface area contributed by atoms with E-state index in [2.05, 4.69) is 15.4 Å². The number of carbonyl (C=O) groups excluding carboxylic acids is 3. The first-order valence-electron chi connectivity index (χ1n) is 11.5. The minimum absolute atomic E-state index is 0.117. The molecule has 0 spiro atoms. The molecule has 0 unspecified atom stereocenters. The van der Waals surface area contributed by atoms with Crippen molar-refractivity contribution < 1.29 is 37.4 Å². The molecule has 8 nitrogen and oxygen atoms in total. The Bertz CT molecular complexity index is 967. The maximum absolute atomic E-state index is 13.1. The summed E-state index contributed by atoms with van der Waals surface area (Å²) in [6, 6.07) is 15.4. The lowest BCUT2D eigenvalue weighted by Gasteiger charge is -2.25. The molecule has 0 aliphatic carbocycles. The Morgan fingerprint density at radius 2 is 1.44 bits per heavy atom. The monoisotopic (exact) mass is 506 g/mol. The van der Waals surface area contributed by atoms with Crippen molar-refractivity contribution in [3.63, 3.8) is 0 Å². The number of nitrogens with one attached hydrogen (secondary N) is 2. The van der Waals surface area contributed by atoms with Crippen LogP contribution in [-0.2, 0) is 36.8 Å². The van der Waals surface area contributed by atoms with Gasteiger partial charge in [-0.1, -0.05) is 60.7 Å². The summed E-state index contributed by atoms with van der Waals surface area (Å²) in [4.78, 5) is 38.0. The molecule has 2 rings (SSSR count). The van der Waals surface area contributed by atoms with E-state index in [9.17, 15) is 23.2 Å². The largest absolute Gasteiger partial charge is 0.459 e. The van der Waals surface area contributed by atoms with Gasteiger partial charge in [0, 0.05) is 0 Å². The second-order valence-corrected chi connectivity index (χ2v) is 8.97. The SMILES string of the molecule is CC(C)(C)OC(=O)N[C@@H](CCc1ccccc1)C(=O)N[C@@H](COC(F)F)C(=O)OCc1ccccc1. The molecule has 0 bridgehead atoms. The lowest BCUT2D eigenvalue weighted by molar-refractivity contribution is -0.161. The van der Waals surface area contributed by atoms with E-state index in [1.54, 1.807) is 51.1 Å². The first kappa shape index (κ1) is 28.7. The molecule has 0 saturated heterocycles. The molecule has 0 fully saturated rings. The first-order valence-corrected chi connectivity index (χ1v) is 11.5. The van der Waals surface area contributed by atoms with E-state index in [1.165, 1.54) is 0 Å². The van der Waals surface area contributed by atoms with Crippen molar-refractivity contribution >= 4 is 18.0 Å². The van der Waals surface area contributed by atoms with E-state index in [1.807, 2.05) is 30.3 Å². The molecule has 36 heavy (non-hydrogen) atoms. The van der Waals surface area contributed by atoms with E-state index < -0.39 is 48.9 Å². The molecule has 2 atom stereocenters. The van der Waals surface area contributed by atoms with E-state index in [0.29, 0.717) is 12.0 Å². The van der Waals surface area contributed by atoms with Crippen molar-refractivity contribution in [1.29, 1.82) is 0 Å². The third-order valence-electron chi connectivity index (χ3n) is 4.79. The summed E-state index contributed by atoms with van der Waals surface area (Å²) < 4.78 is 40.1. The topological polar surface area (TPSA) is 103 Å². The zero-order chi connectivity index (χ0) is 26.6. The number of amides is 2. The van der Waals surface area contributed by atoms with Gasteiger partial charge in [-0.15, -0.1) is 0 Å². The van der Waals surface area contributed by atoms with Crippen LogP contribution >= 0.6 is 0 Å². The fourth-order valence-electron chi connectivity index (χ4n) is 3.11. The maximum atomic E-state index is 13.1. The summed E-state index contributed by atoms with van der Waals surface area (Å²) in [5.74, 6) is -1.72. The highest BCUT2D eigenvalue weighted by molar-refractivity contribution is 5.89. The van der Waals surface area contributed by atoms with E-state index in [0.717, 1.165) is 5.56 Å². The lowest BCUT2D eigenvalue weighted by atomic mass is 10.0. The highest BCUT2D eigenvalue weighted by atomic mass is 19.3. The third kappa shape index (κ3) is 11.3. The Hall–Kier alpha value is -3.53. The van der Waals surface area contributed by atoms with Gasteiger partial charge in [-0.3, -0.25) is 4.79 Å². The first-order chi connectivity index (χ1) is 17.0. The highest BCUT2D eigenvalue weighted by Gasteiger charge is 2.30. The smallest absolute Gasteiger partial charge is 0.408 e. The minimum Gasteiger partial charge on any atom is -0.459 e. The van der Waals surface area contributed by atoms with Crippen LogP contribution in [0.4, 0.5) is 13.6 Å². The molecule has 0 heterocycles. The molecule has 2 amide bonds. The Kier molecular flexibility index (Phi) is 11.3. The summed E-state index contributed by atoms with van der Waals surface area (Å²) in [5.41, 5.74) is 0.790. The van der Waals surface area contributed by atoms with Crippen LogP contribution in [0.15, 0.2) is 60.7 Å². The Morgan fingerprint density at radius 1 is 0.861 bits per heavy atom. The van der Waals surface area contributed by atoms with Gasteiger partial charge in [0.05, 0.1) is 6.61 Å². The molecule has 2 aromatic rings. The maximum Gasteiger partial charge on any atom is 0.408 e. The number of aryl methyl sites for hydroxylation is 1. The number of hydrogen-bond acceptors (Lipinski definition) is 6. The number of benzene rings is 2. The van der Waals surface area contributed by atoms with E-state index >= 15 is 0 Å². The van der Waals surface area contributed by atoms with Gasteiger partial charge in [0.2, 0.25) is 5.91 Å². The van der Waals surface area contributed by atoms with Crippen molar-refractivity contribution in [2.45, 2.75) is 64.5 Å². The van der Waals surface area contributed by atoms with Gasteiger partial charge in [0.25, 0.3) is 0 Å². The molecule has 10 heteroatoms. The molecule has 0 aliphatic rings. The molecule has 2 aromatic carbocycles. The molecule has 0 saturated carbocycles. The number of esters is 1. The molecular formula is C26H32F2N2O6. The fraction of sp³-hybridized carbons (Fsp3) is 0.423. The zero-order valence-corrected chi connectivity index (χ0v) is 20.5. The number of alkyl halides is 2. The van der Waals surface area contributed by atoms with Gasteiger partial charge in [-0.25, -0.2) is 9.59 Å². The van der Waals surface area contributed by atoms with Crippen molar-refractivity contribution in [2.75, 3.05) is 6.61 Å². The number of carbonyl (C=O) groups is 3. The van der Waals surface area contributed by atoms with Gasteiger partial charge in [-0.05, 0) is 44.7 Å². The van der Waals surface area contributed by atoms with E-state index in [4.69, 9.17) is 9.47 Å². The molecule has 196 valence electrons. The summed E-state index contributed by atoms with van der Waals surface area (Å²) in [6.45, 7) is 0.938. The predicted molar refractivity (Wildman–Crippen MR) is 128 cm³/mol. The van der Waals surface area contributed by atoms with Crippen LogP contribution in [0.3, 0.4) is 0 Å². The fourth-order valence-corrected chi connectivity index (χ4v) is 3.11. The Balaban J connectivity index is 2.11. The van der Waals surface area contributed by atoms with Gasteiger partial charge >= 0.3 is 18.7 Å². The van der Waals surface area contributed by atoms with Crippen LogP contribution < -0.4 is 10.6 Å². The average molecular weight is 507 g/mol. The van der Waals surface area contributed by atoms with Crippen molar-refractivity contribution in [1.82, 2.24) is 10.6 Å². The second-order valence-electron chi connectivity index (χ2n) is 8.97. The van der Waals surface area contributed by atoms with Gasteiger partial charge < -0.3 is 24.8 Å². The molecular weight excluding hydrogens is 474 g/mol. The number of alkyl carbamates (subject to hydrolysis) is 1. The molecule has 0 radical (unpaired) electrons. The molecule has 2 N–H and O–H groups in total. The van der Waals surface area contributed by atoms with Crippen LogP contribution in [0, 0.1) is 0 Å². The standard InChI is InChI=1S/C26H32F2N2O6/c1-26(2,3)36-25(33)30-20(15-14-18-10-6-4-7-11-18)22(31)29-21(17-35-24(27)28)23(32)34-16-19-12-8-5-9-13-19/h4-13,20-21,24H,14-17H2,1-3H3,(H,29,31)(H,30,33)/t20-,21-/m0/s1. The summed E-state index contributed by atoms with van der Waals surface area (Å²) in [5, 5.41) is 4.87. The van der Waals surface area contributed by atoms with Crippen molar-refractivity contribution in [3.05, 3.63) is 71.8 Å². The normalized spacial score (nSPS) is 12.9. The van der Waals surface area contributed by atoms with Crippen LogP contribution in [0.1, 0.15) is 38.3 Å². The average Bonchev–Trinajstić information content (AvgIpc) is 2.82. The van der Waals surface area contributed by atoms with E-state index in [-0.39, 0.29) is 13.0 Å². The van der Waals surface area contributed by atoms with Crippen LogP contribution in [0.2, 0.25) is 0 Å². The van der Waals surface area contributed by atoms with Gasteiger partial charge in [-0.2, -0.15) is 8.78 Å². The van der Waals surface area contributed by atoms with Gasteiger partial charge in [0.15, 0.2) is 6.04 Å². The predicted octanol–water partition coefficient (Wildman–Crippen LogP) is 3.98. The molecule has 0 aromatic heterocycles. The van der Waals surface area contributed by atoms with Crippen LogP contribution in [-0.4, -0.2) is 48.9 Å². The highest BCUT2D eigenvalue weighted by Crippen LogP contribution is 2.10. The number of rotatable bonds is 12. The zero-order valence-electron chi connectivity index (χ0n) is 20.5. The summed E-state index contributed by atoms with van der Waals surface area (Å²) >= 11 is 0. The van der Waals surface area contributed by atoms with Gasteiger partial charge in [0.1, 0.15) is 18.2 Å². The molecule has 0 aliphatic heterocycles. The Morgan fingerprint density at radius 3 is 2.00 bits per heavy atom. The van der Waals surface area contributed by atoms with Crippen molar-refractivity contribution in [3.8, 4) is 0 Å². The summed E-state index contributed by atoms with van der Waals surface area (Å²) in [7, 11) is 0. The second kappa shape index (κ2) is 14.1. The summed E-state index contributed by atoms with van der Waals surface area (Å²) in [6.07, 6.45) is -0.246. The number of ether oxygens (including phenoxy) is 3. The quantitative estimate of drug-likeness (QED) is 0.422. The van der Waals surface area contributed by atoms with Crippen molar-refractivity contribution in [2.24, 2.45) is 0 Å². The Labute approximate surface area is 209 Å². The van der Waals surface area contributed by atoms with Crippen LogP contribution in [0.5, 0.6) is 0 Å². The lowest BCUT2D eigenvalue weighted by Crippen LogP contribution is -2.54. The number of halogens is 2. The van der Waals surface area contributed by atoms with Crippen LogP contribution in [0.25, 0.3) is 0 Å².